The molecule has 0 aliphatic carbocycles. The summed E-state index contributed by atoms with van der Waals surface area (Å²) < 4.78 is 5.04. The molecule has 6 nitrogen and oxygen atoms in total. The summed E-state index contributed by atoms with van der Waals surface area (Å²) in [7, 11) is 0. The van der Waals surface area contributed by atoms with Crippen LogP contribution in [0.4, 0.5) is 10.5 Å². The van der Waals surface area contributed by atoms with Gasteiger partial charge in [0.25, 0.3) is 0 Å². The number of aliphatic hydroxyl groups is 1. The lowest BCUT2D eigenvalue weighted by Crippen LogP contribution is -2.38. The van der Waals surface area contributed by atoms with Gasteiger partial charge >= 0.3 is 11.7 Å². The molecule has 23 heavy (non-hydrogen) atoms. The van der Waals surface area contributed by atoms with Gasteiger partial charge in [-0.3, -0.25) is 0 Å². The van der Waals surface area contributed by atoms with E-state index in [0.29, 0.717) is 24.2 Å². The molecular formula is C17H22N2O4. The van der Waals surface area contributed by atoms with E-state index in [2.05, 4.69) is 10.6 Å². The fraction of sp³-hybridized carbons (Fsp3) is 0.412. The van der Waals surface area contributed by atoms with Gasteiger partial charge in [0.2, 0.25) is 0 Å². The van der Waals surface area contributed by atoms with Gasteiger partial charge < -0.3 is 20.2 Å². The zero-order chi connectivity index (χ0) is 17.0. The molecule has 1 heterocycles. The molecule has 0 radical (unpaired) electrons. The predicted molar refractivity (Wildman–Crippen MR) is 89.6 cm³/mol. The van der Waals surface area contributed by atoms with Crippen LogP contribution in [-0.2, 0) is 0 Å². The summed E-state index contributed by atoms with van der Waals surface area (Å²) in [5.41, 5.74) is 0.480. The molecule has 0 saturated carbocycles. The highest BCUT2D eigenvalue weighted by molar-refractivity contribution is 5.92. The summed E-state index contributed by atoms with van der Waals surface area (Å²) in [4.78, 5) is 23.1. The molecule has 0 spiro atoms. The van der Waals surface area contributed by atoms with Gasteiger partial charge in [0.15, 0.2) is 0 Å². The quantitative estimate of drug-likeness (QED) is 0.739. The fourth-order valence-corrected chi connectivity index (χ4v) is 2.52. The first-order valence-corrected chi connectivity index (χ1v) is 7.52. The summed E-state index contributed by atoms with van der Waals surface area (Å²) in [6.07, 6.45) is 0.187. The first-order valence-electron chi connectivity index (χ1n) is 7.52. The third kappa shape index (κ3) is 5.10. The third-order valence-corrected chi connectivity index (χ3v) is 3.45. The van der Waals surface area contributed by atoms with Crippen molar-refractivity contribution >= 4 is 22.7 Å². The standard InChI is InChI=1S/C17H22N2O4/c1-11(20)9-17(2,3)10-18-16(22)19-13-5-6-14-12(8-13)4-7-15(21)23-14/h4-8,11,20H,9-10H2,1-3H3,(H2,18,19,22). The minimum Gasteiger partial charge on any atom is -0.423 e. The number of hydrogen-bond donors (Lipinski definition) is 3. The minimum atomic E-state index is -0.412. The van der Waals surface area contributed by atoms with Crippen molar-refractivity contribution in [2.24, 2.45) is 5.41 Å². The summed E-state index contributed by atoms with van der Waals surface area (Å²) in [6, 6.07) is 7.72. The first-order chi connectivity index (χ1) is 10.7. The average Bonchev–Trinajstić information content (AvgIpc) is 2.44. The zero-order valence-electron chi connectivity index (χ0n) is 13.6. The van der Waals surface area contributed by atoms with Gasteiger partial charge in [-0.15, -0.1) is 0 Å². The van der Waals surface area contributed by atoms with Gasteiger partial charge in [-0.25, -0.2) is 9.59 Å². The molecule has 1 unspecified atom stereocenters. The van der Waals surface area contributed by atoms with Crippen molar-refractivity contribution in [3.05, 3.63) is 40.8 Å². The maximum Gasteiger partial charge on any atom is 0.336 e. The van der Waals surface area contributed by atoms with E-state index in [-0.39, 0.29) is 11.4 Å². The lowest BCUT2D eigenvalue weighted by Gasteiger charge is -2.26. The van der Waals surface area contributed by atoms with Crippen molar-refractivity contribution in [3.63, 3.8) is 0 Å². The van der Waals surface area contributed by atoms with Gasteiger partial charge in [0.1, 0.15) is 5.58 Å². The number of urea groups is 1. The van der Waals surface area contributed by atoms with Crippen molar-refractivity contribution < 1.29 is 14.3 Å². The van der Waals surface area contributed by atoms with Crippen molar-refractivity contribution in [3.8, 4) is 0 Å². The molecule has 2 amide bonds. The van der Waals surface area contributed by atoms with E-state index in [0.717, 1.165) is 5.39 Å². The summed E-state index contributed by atoms with van der Waals surface area (Å²) in [5.74, 6) is 0. The lowest BCUT2D eigenvalue weighted by molar-refractivity contribution is 0.129. The van der Waals surface area contributed by atoms with Crippen LogP contribution in [0.5, 0.6) is 0 Å². The minimum absolute atomic E-state index is 0.196. The van der Waals surface area contributed by atoms with Gasteiger partial charge in [-0.05, 0) is 43.0 Å². The number of benzene rings is 1. The smallest absolute Gasteiger partial charge is 0.336 e. The van der Waals surface area contributed by atoms with Crippen LogP contribution in [0.3, 0.4) is 0 Å². The Hall–Kier alpha value is -2.34. The van der Waals surface area contributed by atoms with Crippen LogP contribution in [0.1, 0.15) is 27.2 Å². The Morgan fingerprint density at radius 2 is 2.04 bits per heavy atom. The highest BCUT2D eigenvalue weighted by Gasteiger charge is 2.21. The molecule has 124 valence electrons. The summed E-state index contributed by atoms with van der Waals surface area (Å²) >= 11 is 0. The van der Waals surface area contributed by atoms with E-state index in [1.54, 1.807) is 31.2 Å². The monoisotopic (exact) mass is 318 g/mol. The van der Waals surface area contributed by atoms with Crippen LogP contribution in [0.25, 0.3) is 11.0 Å². The van der Waals surface area contributed by atoms with Crippen LogP contribution < -0.4 is 16.3 Å². The summed E-state index contributed by atoms with van der Waals surface area (Å²) in [6.45, 7) is 6.15. The first kappa shape index (κ1) is 17.0. The number of hydrogen-bond acceptors (Lipinski definition) is 4. The van der Waals surface area contributed by atoms with E-state index in [4.69, 9.17) is 4.42 Å². The Bertz CT molecular complexity index is 750. The molecule has 0 fully saturated rings. The summed E-state index contributed by atoms with van der Waals surface area (Å²) in [5, 5.41) is 15.7. The molecule has 2 rings (SSSR count). The second-order valence-corrected chi connectivity index (χ2v) is 6.53. The SMILES string of the molecule is CC(O)CC(C)(C)CNC(=O)Nc1ccc2oc(=O)ccc2c1. The number of amides is 2. The van der Waals surface area contributed by atoms with E-state index < -0.39 is 11.7 Å². The van der Waals surface area contributed by atoms with Crippen LogP contribution in [0.15, 0.2) is 39.5 Å². The number of carbonyl (C=O) groups is 1. The van der Waals surface area contributed by atoms with Crippen LogP contribution in [-0.4, -0.2) is 23.8 Å². The maximum atomic E-state index is 12.0. The Morgan fingerprint density at radius 1 is 1.30 bits per heavy atom. The molecule has 0 aliphatic heterocycles. The van der Waals surface area contributed by atoms with Gasteiger partial charge in [0, 0.05) is 23.7 Å². The lowest BCUT2D eigenvalue weighted by atomic mass is 9.87. The zero-order valence-corrected chi connectivity index (χ0v) is 13.6. The predicted octanol–water partition coefficient (Wildman–Crippen LogP) is 2.71. The number of fused-ring (bicyclic) bond motifs is 1. The molecule has 1 aromatic carbocycles. The number of carbonyl (C=O) groups excluding carboxylic acids is 1. The molecule has 0 bridgehead atoms. The highest BCUT2D eigenvalue weighted by Crippen LogP contribution is 2.21. The Kier molecular flexibility index (Phi) is 5.05. The molecule has 2 aromatic rings. The van der Waals surface area contributed by atoms with Crippen molar-refractivity contribution in [2.75, 3.05) is 11.9 Å². The molecule has 1 atom stereocenters. The van der Waals surface area contributed by atoms with E-state index in [1.807, 2.05) is 13.8 Å². The van der Waals surface area contributed by atoms with E-state index in [1.165, 1.54) is 6.07 Å². The second-order valence-electron chi connectivity index (χ2n) is 6.53. The molecule has 0 saturated heterocycles. The van der Waals surface area contributed by atoms with Crippen LogP contribution in [0.2, 0.25) is 0 Å². The van der Waals surface area contributed by atoms with Gasteiger partial charge in [-0.1, -0.05) is 13.8 Å². The molecule has 6 heteroatoms. The van der Waals surface area contributed by atoms with Crippen molar-refractivity contribution in [1.29, 1.82) is 0 Å². The molecule has 3 N–H and O–H groups in total. The second kappa shape index (κ2) is 6.83. The van der Waals surface area contributed by atoms with Crippen molar-refractivity contribution in [1.82, 2.24) is 5.32 Å². The third-order valence-electron chi connectivity index (χ3n) is 3.45. The number of aliphatic hydroxyl groups excluding tert-OH is 1. The largest absolute Gasteiger partial charge is 0.423 e. The Labute approximate surface area is 134 Å². The normalized spacial score (nSPS) is 12.9. The number of rotatable bonds is 5. The highest BCUT2D eigenvalue weighted by atomic mass is 16.4. The maximum absolute atomic E-state index is 12.0. The fourth-order valence-electron chi connectivity index (χ4n) is 2.52. The van der Waals surface area contributed by atoms with Crippen molar-refractivity contribution in [2.45, 2.75) is 33.3 Å². The number of nitrogens with one attached hydrogen (secondary N) is 2. The molecule has 1 aromatic heterocycles. The Balaban J connectivity index is 1.97. The number of anilines is 1. The van der Waals surface area contributed by atoms with Crippen LogP contribution in [0, 0.1) is 5.41 Å². The van der Waals surface area contributed by atoms with Gasteiger partial charge in [0.05, 0.1) is 6.10 Å². The van der Waals surface area contributed by atoms with E-state index >= 15 is 0 Å². The van der Waals surface area contributed by atoms with Crippen LogP contribution >= 0.6 is 0 Å². The molecule has 0 aliphatic rings. The van der Waals surface area contributed by atoms with E-state index in [9.17, 15) is 14.7 Å². The molecular weight excluding hydrogens is 296 g/mol. The van der Waals surface area contributed by atoms with Gasteiger partial charge in [-0.2, -0.15) is 0 Å². The Morgan fingerprint density at radius 3 is 2.74 bits per heavy atom. The average molecular weight is 318 g/mol. The topological polar surface area (TPSA) is 91.6 Å².